The number of β-amino-alcohol motifs (C(OH)–C–C–N with tert-alkyl or cyclic N) is 1. The number of likely N-dealkylation sites (tertiary alicyclic amines) is 1. The second-order valence-corrected chi connectivity index (χ2v) is 5.80. The van der Waals surface area contributed by atoms with Crippen LogP contribution in [0.5, 0.6) is 0 Å². The van der Waals surface area contributed by atoms with Gasteiger partial charge >= 0.3 is 11.8 Å². The van der Waals surface area contributed by atoms with Gasteiger partial charge < -0.3 is 15.3 Å². The first-order chi connectivity index (χ1) is 10.6. The highest BCUT2D eigenvalue weighted by molar-refractivity contribution is 6.39. The van der Waals surface area contributed by atoms with E-state index in [2.05, 4.69) is 12.2 Å². The van der Waals surface area contributed by atoms with Crippen LogP contribution in [0.3, 0.4) is 0 Å². The van der Waals surface area contributed by atoms with Crippen LogP contribution in [-0.4, -0.2) is 41.0 Å². The zero-order valence-corrected chi connectivity index (χ0v) is 13.0. The number of hydrogen-bond acceptors (Lipinski definition) is 3. The van der Waals surface area contributed by atoms with E-state index in [1.807, 2.05) is 24.3 Å². The maximum atomic E-state index is 12.1. The Morgan fingerprint density at radius 3 is 2.68 bits per heavy atom. The minimum Gasteiger partial charge on any atom is -0.391 e. The van der Waals surface area contributed by atoms with Crippen molar-refractivity contribution in [3.05, 3.63) is 29.8 Å². The Bertz CT molecular complexity index is 513. The van der Waals surface area contributed by atoms with Crippen LogP contribution in [0, 0.1) is 0 Å². The van der Waals surface area contributed by atoms with E-state index < -0.39 is 17.9 Å². The number of rotatable bonds is 4. The number of nitrogens with one attached hydrogen (secondary N) is 1. The molecule has 1 heterocycles. The first-order valence-electron chi connectivity index (χ1n) is 7.97. The lowest BCUT2D eigenvalue weighted by molar-refractivity contribution is -0.145. The van der Waals surface area contributed by atoms with Crippen molar-refractivity contribution in [2.45, 2.75) is 45.1 Å². The monoisotopic (exact) mass is 304 g/mol. The Kier molecular flexibility index (Phi) is 5.95. The maximum absolute atomic E-state index is 12.1. The summed E-state index contributed by atoms with van der Waals surface area (Å²) in [6.07, 6.45) is 4.20. The van der Waals surface area contributed by atoms with Crippen molar-refractivity contribution in [3.63, 3.8) is 0 Å². The highest BCUT2D eigenvalue weighted by atomic mass is 16.3. The fourth-order valence-electron chi connectivity index (χ4n) is 2.60. The van der Waals surface area contributed by atoms with Crippen LogP contribution in [0.15, 0.2) is 24.3 Å². The molecule has 2 amide bonds. The average Bonchev–Trinajstić information content (AvgIpc) is 2.53. The van der Waals surface area contributed by atoms with Gasteiger partial charge in [-0.1, -0.05) is 25.5 Å². The number of aliphatic hydroxyl groups is 1. The van der Waals surface area contributed by atoms with Crippen molar-refractivity contribution in [1.29, 1.82) is 0 Å². The van der Waals surface area contributed by atoms with Gasteiger partial charge in [-0.2, -0.15) is 0 Å². The van der Waals surface area contributed by atoms with E-state index in [0.29, 0.717) is 18.7 Å². The second kappa shape index (κ2) is 7.94. The quantitative estimate of drug-likeness (QED) is 0.835. The summed E-state index contributed by atoms with van der Waals surface area (Å²) in [5, 5.41) is 12.2. The van der Waals surface area contributed by atoms with Crippen molar-refractivity contribution in [1.82, 2.24) is 4.90 Å². The van der Waals surface area contributed by atoms with Crippen LogP contribution in [0.4, 0.5) is 5.69 Å². The number of nitrogens with zero attached hydrogens (tertiary/aromatic N) is 1. The summed E-state index contributed by atoms with van der Waals surface area (Å²) in [6.45, 7) is 2.92. The van der Waals surface area contributed by atoms with Crippen LogP contribution in [0.2, 0.25) is 0 Å². The van der Waals surface area contributed by atoms with Crippen molar-refractivity contribution in [3.8, 4) is 0 Å². The van der Waals surface area contributed by atoms with Crippen LogP contribution in [-0.2, 0) is 16.0 Å². The molecule has 5 heteroatoms. The minimum atomic E-state index is -0.643. The Balaban J connectivity index is 1.89. The van der Waals surface area contributed by atoms with Gasteiger partial charge in [0.25, 0.3) is 0 Å². The van der Waals surface area contributed by atoms with E-state index in [9.17, 15) is 14.7 Å². The number of aliphatic hydroxyl groups excluding tert-OH is 1. The first-order valence-corrected chi connectivity index (χ1v) is 7.97. The van der Waals surface area contributed by atoms with E-state index in [4.69, 9.17) is 0 Å². The molecule has 1 aliphatic heterocycles. The smallest absolute Gasteiger partial charge is 0.313 e. The normalized spacial score (nSPS) is 18.1. The number of carbonyl (C=O) groups is 2. The predicted octanol–water partition coefficient (Wildman–Crippen LogP) is 1.95. The number of benzene rings is 1. The number of anilines is 1. The lowest BCUT2D eigenvalue weighted by atomic mass is 10.1. The molecule has 1 aliphatic rings. The molecular weight excluding hydrogens is 280 g/mol. The predicted molar refractivity (Wildman–Crippen MR) is 85.5 cm³/mol. The molecular formula is C17H24N2O3. The summed E-state index contributed by atoms with van der Waals surface area (Å²) >= 11 is 0. The Morgan fingerprint density at radius 1 is 1.32 bits per heavy atom. The third-order valence-corrected chi connectivity index (χ3v) is 3.91. The standard InChI is InChI=1S/C17H24N2O3/c1-2-3-5-13-7-9-14(10-8-13)18-16(21)17(22)19-11-4-6-15(20)12-19/h7-10,15,20H,2-6,11-12H2,1H3,(H,18,21). The molecule has 1 aromatic carbocycles. The molecule has 0 spiro atoms. The molecule has 120 valence electrons. The lowest BCUT2D eigenvalue weighted by Gasteiger charge is -2.29. The van der Waals surface area contributed by atoms with Crippen LogP contribution in [0.1, 0.15) is 38.2 Å². The molecule has 1 unspecified atom stereocenters. The first kappa shape index (κ1) is 16.5. The summed E-state index contributed by atoms with van der Waals surface area (Å²) in [7, 11) is 0. The summed E-state index contributed by atoms with van der Waals surface area (Å²) in [4.78, 5) is 25.5. The van der Waals surface area contributed by atoms with Gasteiger partial charge in [-0.15, -0.1) is 0 Å². The Morgan fingerprint density at radius 2 is 2.05 bits per heavy atom. The molecule has 0 saturated carbocycles. The molecule has 2 rings (SSSR count). The molecule has 0 radical (unpaired) electrons. The number of amides is 2. The van der Waals surface area contributed by atoms with E-state index in [1.165, 1.54) is 10.5 Å². The van der Waals surface area contributed by atoms with Gasteiger partial charge in [0.1, 0.15) is 0 Å². The lowest BCUT2D eigenvalue weighted by Crippen LogP contribution is -2.46. The van der Waals surface area contributed by atoms with Crippen molar-refractivity contribution >= 4 is 17.5 Å². The number of carbonyl (C=O) groups excluding carboxylic acids is 2. The van der Waals surface area contributed by atoms with Crippen LogP contribution >= 0.6 is 0 Å². The van der Waals surface area contributed by atoms with E-state index in [-0.39, 0.29) is 6.54 Å². The van der Waals surface area contributed by atoms with Gasteiger partial charge in [-0.25, -0.2) is 0 Å². The fourth-order valence-corrected chi connectivity index (χ4v) is 2.60. The van der Waals surface area contributed by atoms with Crippen molar-refractivity contribution in [2.75, 3.05) is 18.4 Å². The van der Waals surface area contributed by atoms with Gasteiger partial charge in [0, 0.05) is 18.8 Å². The molecule has 0 aromatic heterocycles. The molecule has 2 N–H and O–H groups in total. The molecule has 1 atom stereocenters. The number of unbranched alkanes of at least 4 members (excludes halogenated alkanes) is 1. The third kappa shape index (κ3) is 4.56. The molecule has 1 saturated heterocycles. The Labute approximate surface area is 131 Å². The zero-order chi connectivity index (χ0) is 15.9. The van der Waals surface area contributed by atoms with Crippen molar-refractivity contribution in [2.24, 2.45) is 0 Å². The molecule has 1 fully saturated rings. The largest absolute Gasteiger partial charge is 0.391 e. The maximum Gasteiger partial charge on any atom is 0.313 e. The van der Waals surface area contributed by atoms with Crippen molar-refractivity contribution < 1.29 is 14.7 Å². The zero-order valence-electron chi connectivity index (χ0n) is 13.0. The molecule has 1 aromatic rings. The number of aryl methyl sites for hydroxylation is 1. The summed E-state index contributed by atoms with van der Waals surface area (Å²) in [5.41, 5.74) is 1.85. The molecule has 22 heavy (non-hydrogen) atoms. The summed E-state index contributed by atoms with van der Waals surface area (Å²) in [5.74, 6) is -1.22. The van der Waals surface area contributed by atoms with Gasteiger partial charge in [-0.05, 0) is 43.4 Å². The SMILES string of the molecule is CCCCc1ccc(NC(=O)C(=O)N2CCCC(O)C2)cc1. The molecule has 0 aliphatic carbocycles. The van der Waals surface area contributed by atoms with E-state index >= 15 is 0 Å². The highest BCUT2D eigenvalue weighted by Crippen LogP contribution is 2.13. The van der Waals surface area contributed by atoms with Gasteiger partial charge in [0.15, 0.2) is 0 Å². The average molecular weight is 304 g/mol. The van der Waals surface area contributed by atoms with Gasteiger partial charge in [0.05, 0.1) is 6.10 Å². The number of hydrogen-bond donors (Lipinski definition) is 2. The summed E-state index contributed by atoms with van der Waals surface area (Å²) in [6, 6.07) is 7.59. The summed E-state index contributed by atoms with van der Waals surface area (Å²) < 4.78 is 0. The van der Waals surface area contributed by atoms with E-state index in [1.54, 1.807) is 0 Å². The molecule has 5 nitrogen and oxygen atoms in total. The van der Waals surface area contributed by atoms with E-state index in [0.717, 1.165) is 25.7 Å². The topological polar surface area (TPSA) is 69.6 Å². The van der Waals surface area contributed by atoms with Gasteiger partial charge in [-0.3, -0.25) is 9.59 Å². The fraction of sp³-hybridized carbons (Fsp3) is 0.529. The minimum absolute atomic E-state index is 0.238. The van der Waals surface area contributed by atoms with Crippen LogP contribution < -0.4 is 5.32 Å². The third-order valence-electron chi connectivity index (χ3n) is 3.91. The number of piperidine rings is 1. The van der Waals surface area contributed by atoms with Gasteiger partial charge in [0.2, 0.25) is 0 Å². The second-order valence-electron chi connectivity index (χ2n) is 5.80. The molecule has 0 bridgehead atoms. The van der Waals surface area contributed by atoms with Crippen LogP contribution in [0.25, 0.3) is 0 Å². The Hall–Kier alpha value is -1.88. The highest BCUT2D eigenvalue weighted by Gasteiger charge is 2.26.